The number of hydrogen-bond acceptors (Lipinski definition) is 16. The first-order valence-electron chi connectivity index (χ1n) is 39.7. The van der Waals surface area contributed by atoms with Crippen molar-refractivity contribution in [1.82, 2.24) is 40.9 Å². The number of alkyl halides is 4. The van der Waals surface area contributed by atoms with Gasteiger partial charge in [0.2, 0.25) is 0 Å². The van der Waals surface area contributed by atoms with Crippen LogP contribution in [0, 0.1) is 11.3 Å². The van der Waals surface area contributed by atoms with Crippen LogP contribution in [0.1, 0.15) is 123 Å². The van der Waals surface area contributed by atoms with Gasteiger partial charge < -0.3 is 46.3 Å². The van der Waals surface area contributed by atoms with Gasteiger partial charge in [0.1, 0.15) is 11.5 Å². The van der Waals surface area contributed by atoms with Crippen LogP contribution in [0.3, 0.4) is 0 Å². The number of nitrogens with one attached hydrogen (secondary N) is 4. The van der Waals surface area contributed by atoms with Crippen LogP contribution in [0.25, 0.3) is 0 Å². The molecule has 4 amide bonds. The Hall–Kier alpha value is -7.95. The molecular weight excluding hydrogens is 1610 g/mol. The van der Waals surface area contributed by atoms with E-state index in [-0.39, 0.29) is 39.9 Å². The Balaban J connectivity index is 0.000000165. The maximum absolute atomic E-state index is 12.9. The molecule has 0 bridgehead atoms. The molecule has 0 aliphatic carbocycles. The lowest BCUT2D eigenvalue weighted by Crippen LogP contribution is -2.48. The molecular formula is C92H110Cl4N10O6S4. The maximum atomic E-state index is 12.9. The molecule has 14 rings (SSSR count). The molecule has 4 saturated heterocycles. The van der Waals surface area contributed by atoms with Crippen molar-refractivity contribution in [2.45, 2.75) is 86.1 Å². The Kier molecular flexibility index (Phi) is 39.2. The van der Waals surface area contributed by atoms with E-state index in [0.29, 0.717) is 104 Å². The summed E-state index contributed by atoms with van der Waals surface area (Å²) in [6, 6.07) is 74.1. The number of thiophene rings is 4. The number of nitrogens with zero attached hydrogens (tertiary/aromatic N) is 5. The third kappa shape index (κ3) is 27.0. The minimum Gasteiger partial charge on any atom is -0.496 e. The molecule has 24 heteroatoms. The summed E-state index contributed by atoms with van der Waals surface area (Å²) < 4.78 is 10.6. The Morgan fingerprint density at radius 3 is 1.23 bits per heavy atom. The van der Waals surface area contributed by atoms with Gasteiger partial charge in [-0.25, -0.2) is 0 Å². The van der Waals surface area contributed by atoms with Gasteiger partial charge in [0.25, 0.3) is 23.6 Å². The van der Waals surface area contributed by atoms with Gasteiger partial charge in [0.15, 0.2) is 0 Å². The topological polar surface area (TPSA) is 198 Å². The fourth-order valence-electron chi connectivity index (χ4n) is 14.9. The second kappa shape index (κ2) is 49.4. The van der Waals surface area contributed by atoms with Crippen LogP contribution in [0.2, 0.25) is 0 Å². The van der Waals surface area contributed by atoms with E-state index in [1.54, 1.807) is 71.3 Å². The number of rotatable bonds is 27. The summed E-state index contributed by atoms with van der Waals surface area (Å²) in [4.78, 5) is 63.7. The molecule has 8 heterocycles. The predicted molar refractivity (Wildman–Crippen MR) is 483 cm³/mol. The van der Waals surface area contributed by atoms with Crippen LogP contribution in [0.15, 0.2) is 240 Å². The number of benzene rings is 6. The quantitative estimate of drug-likeness (QED) is 0.0242. The predicted octanol–water partition coefficient (Wildman–Crippen LogP) is 17.9. The normalized spacial score (nSPS) is 15.8. The molecule has 10 aromatic rings. The summed E-state index contributed by atoms with van der Waals surface area (Å²) >= 11 is 29.0. The molecule has 4 fully saturated rings. The monoisotopic (exact) mass is 1720 g/mol. The smallest absolute Gasteiger partial charge is 0.255 e. The molecule has 4 aliphatic rings. The Bertz CT molecular complexity index is 4440. The van der Waals surface area contributed by atoms with Gasteiger partial charge in [-0.15, -0.1) is 91.8 Å². The molecule has 0 spiro atoms. The number of likely N-dealkylation sites (tertiary alicyclic amines) is 3. The number of nitriles is 1. The standard InChI is InChI=1S/C25H28N2O2S.C18H22N2O2S.C17H16N2OS.C17H22N2S.C11H13Cl2NO.C4H9Cl2N/c1-29-22-11-6-5-10-21(22)24(28)26-19-25(23-12-7-17-30-23)13-15-27(16-14-25)18-20-8-3-2-4-9-20;1-22-15-6-3-2-5-14(15)17(21)20-13-18(8-10-19-11-9-18)16-7-4-12-23-16;18-13-17(15-7-4-12-21-15)8-10-19(11-9-17)16(20)14-5-2-1-3-6-14;18-14-17(16-7-4-12-20-16)8-10-19(11-9-17)13-15-5-2-1-3-6-15;12-6-8-14(9-7-13)11(15)10-4-2-1-3-5-10;5-1-3-7-4-2-6/h2-12,17H,13-16,18-19H2,1H3,(H,26,28);2-7,12,19H,8-11,13H2,1H3,(H,20,21);1-7,12H,8-11H2;1-7,12H,8-11,13-14,18H2;1-5H,6-9H2;7H,1-4H2. The van der Waals surface area contributed by atoms with E-state index in [1.165, 1.54) is 38.6 Å². The number of methoxy groups -OCH3 is 2. The average Bonchev–Trinajstić information content (AvgIpc) is 1.42. The van der Waals surface area contributed by atoms with E-state index in [9.17, 15) is 24.4 Å². The summed E-state index contributed by atoms with van der Waals surface area (Å²) in [7, 11) is 3.19. The molecule has 4 aliphatic heterocycles. The number of nitrogens with two attached hydrogens (primary N) is 1. The molecule has 0 unspecified atom stereocenters. The second-order valence-electron chi connectivity index (χ2n) is 29.0. The zero-order valence-electron chi connectivity index (χ0n) is 66.5. The summed E-state index contributed by atoms with van der Waals surface area (Å²) in [6.45, 7) is 14.5. The van der Waals surface area contributed by atoms with Gasteiger partial charge in [-0.05, 0) is 196 Å². The zero-order chi connectivity index (χ0) is 82.1. The van der Waals surface area contributed by atoms with E-state index in [0.717, 1.165) is 108 Å². The molecule has 116 heavy (non-hydrogen) atoms. The van der Waals surface area contributed by atoms with E-state index in [1.807, 2.05) is 125 Å². The van der Waals surface area contributed by atoms with Crippen LogP contribution >= 0.6 is 91.8 Å². The molecule has 16 nitrogen and oxygen atoms in total. The van der Waals surface area contributed by atoms with Gasteiger partial charge in [-0.2, -0.15) is 5.26 Å². The molecule has 0 radical (unpaired) electrons. The van der Waals surface area contributed by atoms with Crippen molar-refractivity contribution < 1.29 is 28.7 Å². The van der Waals surface area contributed by atoms with Crippen LogP contribution < -0.4 is 36.5 Å². The van der Waals surface area contributed by atoms with Gasteiger partial charge in [-0.1, -0.05) is 146 Å². The largest absolute Gasteiger partial charge is 0.496 e. The second-order valence-corrected chi connectivity index (χ2v) is 34.3. The SMILES string of the molecule is COc1ccccc1C(=O)NCC1(c2cccs2)CCN(Cc2ccccc2)CC1.COc1ccccc1C(=O)NCC1(c2cccs2)CCNCC1.ClCCNCCCl.N#CC1(c2cccs2)CCN(C(=O)c2ccccc2)CC1.NCC1(c2cccs2)CCN(Cc2ccccc2)CC1.O=C(c1ccccc1)N(CCCl)CCCl. The maximum Gasteiger partial charge on any atom is 0.255 e. The number of halogens is 4. The highest BCUT2D eigenvalue weighted by Gasteiger charge is 2.41. The number of piperidine rings is 4. The lowest BCUT2D eigenvalue weighted by molar-refractivity contribution is 0.0692. The Morgan fingerprint density at radius 2 is 0.845 bits per heavy atom. The van der Waals surface area contributed by atoms with Gasteiger partial charge >= 0.3 is 0 Å². The van der Waals surface area contributed by atoms with Crippen molar-refractivity contribution in [3.63, 3.8) is 0 Å². The zero-order valence-corrected chi connectivity index (χ0v) is 72.8. The number of amides is 4. The molecule has 6 N–H and O–H groups in total. The third-order valence-electron chi connectivity index (χ3n) is 21.8. The Morgan fingerprint density at radius 1 is 0.466 bits per heavy atom. The van der Waals surface area contributed by atoms with E-state index in [4.69, 9.17) is 61.6 Å². The van der Waals surface area contributed by atoms with Gasteiger partial charge in [0.05, 0.1) is 36.8 Å². The summed E-state index contributed by atoms with van der Waals surface area (Å²) in [6.07, 6.45) is 7.93. The summed E-state index contributed by atoms with van der Waals surface area (Å²) in [5.74, 6) is 3.30. The minimum atomic E-state index is -0.415. The first-order valence-corrected chi connectivity index (χ1v) is 45.4. The number of hydrogen-bond donors (Lipinski definition) is 5. The minimum absolute atomic E-state index is 0.0149. The molecule has 0 saturated carbocycles. The van der Waals surface area contributed by atoms with Crippen molar-refractivity contribution >= 4 is 115 Å². The van der Waals surface area contributed by atoms with Crippen molar-refractivity contribution in [2.75, 3.05) is 136 Å². The molecule has 4 aromatic heterocycles. The fraction of sp³-hybridized carbons (Fsp3) is 0.380. The van der Waals surface area contributed by atoms with E-state index >= 15 is 0 Å². The highest BCUT2D eigenvalue weighted by molar-refractivity contribution is 7.11. The summed E-state index contributed by atoms with van der Waals surface area (Å²) in [5, 5.41) is 30.8. The highest BCUT2D eigenvalue weighted by Crippen LogP contribution is 2.42. The van der Waals surface area contributed by atoms with Crippen LogP contribution in [0.5, 0.6) is 11.5 Å². The van der Waals surface area contributed by atoms with E-state index in [2.05, 4.69) is 150 Å². The molecule has 0 atom stereocenters. The number of para-hydroxylation sites is 2. The third-order valence-corrected chi connectivity index (χ3v) is 26.9. The van der Waals surface area contributed by atoms with Gasteiger partial charge in [-0.3, -0.25) is 29.0 Å². The molecule has 616 valence electrons. The lowest BCUT2D eigenvalue weighted by atomic mass is 9.76. The number of ether oxygens (including phenoxy) is 2. The van der Waals surface area contributed by atoms with Crippen LogP contribution in [0.4, 0.5) is 0 Å². The number of carbonyl (C=O) groups is 4. The molecule has 6 aromatic carbocycles. The highest BCUT2D eigenvalue weighted by atomic mass is 35.5. The van der Waals surface area contributed by atoms with Crippen LogP contribution in [-0.2, 0) is 34.7 Å². The van der Waals surface area contributed by atoms with Crippen molar-refractivity contribution in [1.29, 1.82) is 5.26 Å². The van der Waals surface area contributed by atoms with Crippen molar-refractivity contribution in [3.8, 4) is 17.6 Å². The fourth-order valence-corrected chi connectivity index (χ4v) is 19.5. The summed E-state index contributed by atoms with van der Waals surface area (Å²) in [5.41, 5.74) is 11.3. The number of carbonyl (C=O) groups excluding carboxylic acids is 4. The average molecular weight is 1720 g/mol. The lowest BCUT2D eigenvalue weighted by Gasteiger charge is -2.41. The first kappa shape index (κ1) is 91.9. The first-order chi connectivity index (χ1) is 56.7. The van der Waals surface area contributed by atoms with Crippen molar-refractivity contribution in [3.05, 3.63) is 293 Å². The van der Waals surface area contributed by atoms with E-state index < -0.39 is 5.41 Å². The van der Waals surface area contributed by atoms with Crippen LogP contribution in [-0.4, -0.2) is 179 Å². The Labute approximate surface area is 722 Å². The van der Waals surface area contributed by atoms with Crippen molar-refractivity contribution in [2.24, 2.45) is 5.73 Å². The van der Waals surface area contributed by atoms with Gasteiger partial charge in [0, 0.05) is 142 Å².